The minimum absolute atomic E-state index is 0.0170. The summed E-state index contributed by atoms with van der Waals surface area (Å²) in [7, 11) is 0. The van der Waals surface area contributed by atoms with Crippen molar-refractivity contribution < 1.29 is 14.3 Å². The summed E-state index contributed by atoms with van der Waals surface area (Å²) in [5.41, 5.74) is 2.57. The molecule has 7 nitrogen and oxygen atoms in total. The Balaban J connectivity index is 1.56. The molecule has 1 fully saturated rings. The number of nitrogens with zero attached hydrogens (tertiary/aromatic N) is 3. The van der Waals surface area contributed by atoms with Crippen molar-refractivity contribution in [3.05, 3.63) is 77.5 Å². The van der Waals surface area contributed by atoms with Crippen molar-refractivity contribution in [1.29, 1.82) is 5.26 Å². The van der Waals surface area contributed by atoms with Gasteiger partial charge in [-0.25, -0.2) is 0 Å². The van der Waals surface area contributed by atoms with Crippen LogP contribution in [0.5, 0.6) is 0 Å². The zero-order valence-corrected chi connectivity index (χ0v) is 17.7. The van der Waals surface area contributed by atoms with E-state index in [-0.39, 0.29) is 18.0 Å². The fourth-order valence-electron chi connectivity index (χ4n) is 3.76. The Morgan fingerprint density at radius 3 is 2.53 bits per heavy atom. The molecule has 1 aliphatic rings. The van der Waals surface area contributed by atoms with Gasteiger partial charge >= 0.3 is 0 Å². The number of ether oxygens (including phenoxy) is 1. The molecule has 1 aliphatic heterocycles. The summed E-state index contributed by atoms with van der Waals surface area (Å²) in [5.74, 6) is -0.414. The van der Waals surface area contributed by atoms with Crippen LogP contribution < -0.4 is 5.32 Å². The van der Waals surface area contributed by atoms with E-state index < -0.39 is 5.91 Å². The second-order valence-electron chi connectivity index (χ2n) is 7.56. The lowest BCUT2D eigenvalue weighted by molar-refractivity contribution is -0.135. The molecule has 1 saturated heterocycles. The lowest BCUT2D eigenvalue weighted by Gasteiger charge is -2.27. The number of para-hydroxylation sites is 1. The summed E-state index contributed by atoms with van der Waals surface area (Å²) < 4.78 is 7.19. The van der Waals surface area contributed by atoms with Gasteiger partial charge < -0.3 is 19.5 Å². The number of amides is 2. The molecule has 0 bridgehead atoms. The van der Waals surface area contributed by atoms with Crippen LogP contribution in [0.25, 0.3) is 17.0 Å². The van der Waals surface area contributed by atoms with E-state index in [1.807, 2.05) is 71.4 Å². The predicted molar refractivity (Wildman–Crippen MR) is 121 cm³/mol. The summed E-state index contributed by atoms with van der Waals surface area (Å²) in [6.07, 6.45) is 3.41. The number of benzene rings is 2. The number of hydrogen-bond donors (Lipinski definition) is 1. The Labute approximate surface area is 186 Å². The molecule has 4 rings (SSSR count). The number of hydrogen-bond acceptors (Lipinski definition) is 4. The van der Waals surface area contributed by atoms with E-state index in [0.717, 1.165) is 22.0 Å². The average Bonchev–Trinajstić information content (AvgIpc) is 3.19. The smallest absolute Gasteiger partial charge is 0.262 e. The van der Waals surface area contributed by atoms with Crippen molar-refractivity contribution in [3.8, 4) is 6.07 Å². The molecule has 2 amide bonds. The maximum atomic E-state index is 12.7. The summed E-state index contributed by atoms with van der Waals surface area (Å²) >= 11 is 0. The number of carbonyl (C=O) groups is 2. The van der Waals surface area contributed by atoms with Gasteiger partial charge in [-0.05, 0) is 17.7 Å². The number of morpholine rings is 1. The molecule has 32 heavy (non-hydrogen) atoms. The topological polar surface area (TPSA) is 87.4 Å². The summed E-state index contributed by atoms with van der Waals surface area (Å²) in [6.45, 7) is 2.81. The first kappa shape index (κ1) is 21.3. The van der Waals surface area contributed by atoms with E-state index >= 15 is 0 Å². The summed E-state index contributed by atoms with van der Waals surface area (Å²) in [6, 6.07) is 19.2. The Bertz CT molecular complexity index is 1180. The van der Waals surface area contributed by atoms with Crippen molar-refractivity contribution in [2.45, 2.75) is 13.1 Å². The number of carbonyl (C=O) groups excluding carboxylic acids is 2. The quantitative estimate of drug-likeness (QED) is 0.483. The highest BCUT2D eigenvalue weighted by atomic mass is 16.5. The van der Waals surface area contributed by atoms with Crippen molar-refractivity contribution in [2.75, 3.05) is 26.3 Å². The molecule has 7 heteroatoms. The highest BCUT2D eigenvalue weighted by Crippen LogP contribution is 2.24. The molecular formula is C25H24N4O3. The van der Waals surface area contributed by atoms with E-state index in [9.17, 15) is 14.9 Å². The van der Waals surface area contributed by atoms with E-state index in [4.69, 9.17) is 4.74 Å². The van der Waals surface area contributed by atoms with Gasteiger partial charge in [-0.3, -0.25) is 9.59 Å². The molecule has 0 spiro atoms. The largest absolute Gasteiger partial charge is 0.378 e. The highest BCUT2D eigenvalue weighted by molar-refractivity contribution is 6.04. The third-order valence-electron chi connectivity index (χ3n) is 5.45. The van der Waals surface area contributed by atoms with Gasteiger partial charge in [-0.1, -0.05) is 48.5 Å². The average molecular weight is 428 g/mol. The van der Waals surface area contributed by atoms with E-state index in [1.54, 1.807) is 11.0 Å². The Morgan fingerprint density at radius 1 is 1.06 bits per heavy atom. The van der Waals surface area contributed by atoms with Gasteiger partial charge in [0.25, 0.3) is 5.91 Å². The summed E-state index contributed by atoms with van der Waals surface area (Å²) in [4.78, 5) is 27.1. The van der Waals surface area contributed by atoms with Gasteiger partial charge in [0, 0.05) is 42.3 Å². The minimum Gasteiger partial charge on any atom is -0.378 e. The Kier molecular flexibility index (Phi) is 6.63. The van der Waals surface area contributed by atoms with Crippen LogP contribution in [0.3, 0.4) is 0 Å². The number of aromatic nitrogens is 1. The fraction of sp³-hybridized carbons (Fsp3) is 0.240. The van der Waals surface area contributed by atoms with E-state index in [1.165, 1.54) is 0 Å². The molecule has 0 aliphatic carbocycles. The molecule has 2 aromatic carbocycles. The van der Waals surface area contributed by atoms with Crippen LogP contribution in [0.2, 0.25) is 0 Å². The van der Waals surface area contributed by atoms with Crippen molar-refractivity contribution in [2.24, 2.45) is 0 Å². The normalized spacial score (nSPS) is 14.2. The molecule has 0 atom stereocenters. The van der Waals surface area contributed by atoms with Gasteiger partial charge in [0.1, 0.15) is 18.2 Å². The van der Waals surface area contributed by atoms with Crippen LogP contribution in [0.15, 0.2) is 66.4 Å². The van der Waals surface area contributed by atoms with Crippen molar-refractivity contribution in [3.63, 3.8) is 0 Å². The fourth-order valence-corrected chi connectivity index (χ4v) is 3.76. The molecule has 0 saturated carbocycles. The van der Waals surface area contributed by atoms with Gasteiger partial charge in [0.05, 0.1) is 13.2 Å². The number of rotatable bonds is 6. The van der Waals surface area contributed by atoms with Gasteiger partial charge in [-0.2, -0.15) is 5.26 Å². The van der Waals surface area contributed by atoms with Gasteiger partial charge in [0.15, 0.2) is 0 Å². The second-order valence-corrected chi connectivity index (χ2v) is 7.56. The molecule has 3 aromatic rings. The van der Waals surface area contributed by atoms with Gasteiger partial charge in [-0.15, -0.1) is 0 Å². The predicted octanol–water partition coefficient (Wildman–Crippen LogP) is 2.72. The first-order valence-corrected chi connectivity index (χ1v) is 10.5. The van der Waals surface area contributed by atoms with Crippen LogP contribution in [0, 0.1) is 11.3 Å². The maximum absolute atomic E-state index is 12.7. The molecule has 1 N–H and O–H groups in total. The molecular weight excluding hydrogens is 404 g/mol. The third-order valence-corrected chi connectivity index (χ3v) is 5.45. The maximum Gasteiger partial charge on any atom is 0.262 e. The lowest BCUT2D eigenvalue weighted by Crippen LogP contribution is -2.42. The number of nitriles is 1. The molecule has 162 valence electrons. The first-order chi connectivity index (χ1) is 15.7. The highest BCUT2D eigenvalue weighted by Gasteiger charge is 2.19. The standard InChI is InChI=1S/C25H24N4O3/c26-15-20(25(31)27-16-19-6-2-1-3-7-19)14-21-17-29(23-9-5-4-8-22(21)23)18-24(30)28-10-12-32-13-11-28/h1-9,14,17H,10-13,16,18H2,(H,27,31)/b20-14+. The zero-order valence-electron chi connectivity index (χ0n) is 17.7. The van der Waals surface area contributed by atoms with Crippen molar-refractivity contribution >= 4 is 28.8 Å². The molecule has 0 unspecified atom stereocenters. The molecule has 1 aromatic heterocycles. The third kappa shape index (κ3) is 4.88. The SMILES string of the molecule is N#C/C(=C\c1cn(CC(=O)N2CCOCC2)c2ccccc12)C(=O)NCc1ccccc1. The zero-order chi connectivity index (χ0) is 22.3. The van der Waals surface area contributed by atoms with Crippen LogP contribution in [0.1, 0.15) is 11.1 Å². The van der Waals surface area contributed by atoms with Crippen LogP contribution in [-0.2, 0) is 27.4 Å². The Hall–Kier alpha value is -3.89. The second kappa shape index (κ2) is 9.94. The van der Waals surface area contributed by atoms with Crippen molar-refractivity contribution in [1.82, 2.24) is 14.8 Å². The van der Waals surface area contributed by atoms with Crippen LogP contribution >= 0.6 is 0 Å². The molecule has 2 heterocycles. The monoisotopic (exact) mass is 428 g/mol. The summed E-state index contributed by atoms with van der Waals surface area (Å²) in [5, 5.41) is 13.3. The number of fused-ring (bicyclic) bond motifs is 1. The van der Waals surface area contributed by atoms with Crippen LogP contribution in [0.4, 0.5) is 0 Å². The van der Waals surface area contributed by atoms with Gasteiger partial charge in [0.2, 0.25) is 5.91 Å². The lowest BCUT2D eigenvalue weighted by atomic mass is 10.1. The first-order valence-electron chi connectivity index (χ1n) is 10.5. The van der Waals surface area contributed by atoms with E-state index in [2.05, 4.69) is 5.32 Å². The number of nitrogens with one attached hydrogen (secondary N) is 1. The van der Waals surface area contributed by atoms with E-state index in [0.29, 0.717) is 32.8 Å². The van der Waals surface area contributed by atoms with Crippen LogP contribution in [-0.4, -0.2) is 47.6 Å². The Morgan fingerprint density at radius 2 is 1.78 bits per heavy atom. The minimum atomic E-state index is -0.433. The molecule has 0 radical (unpaired) electrons.